The van der Waals surface area contributed by atoms with E-state index < -0.39 is 11.5 Å². The number of aryl methyl sites for hydroxylation is 3. The molecule has 0 spiro atoms. The predicted octanol–water partition coefficient (Wildman–Crippen LogP) is 3.35. The molecule has 0 heterocycles. The van der Waals surface area contributed by atoms with Crippen LogP contribution in [0.15, 0.2) is 12.1 Å². The molecule has 0 amide bonds. The van der Waals surface area contributed by atoms with E-state index in [1.165, 1.54) is 0 Å². The van der Waals surface area contributed by atoms with Crippen molar-refractivity contribution < 1.29 is 13.9 Å². The van der Waals surface area contributed by atoms with Crippen LogP contribution < -0.4 is 0 Å². The van der Waals surface area contributed by atoms with Crippen molar-refractivity contribution in [3.05, 3.63) is 34.4 Å². The zero-order valence-corrected chi connectivity index (χ0v) is 10.3. The zero-order valence-electron chi connectivity index (χ0n) is 9.52. The number of halogens is 3. The highest BCUT2D eigenvalue weighted by Gasteiger charge is 2.35. The van der Waals surface area contributed by atoms with Crippen LogP contribution in [0.4, 0.5) is 8.78 Å². The first-order chi connectivity index (χ1) is 7.21. The van der Waals surface area contributed by atoms with Gasteiger partial charge in [0, 0.05) is 6.42 Å². The maximum Gasteiger partial charge on any atom is 0.347 e. The Bertz CT molecular complexity index is 362. The van der Waals surface area contributed by atoms with Crippen LogP contribution in [0.5, 0.6) is 0 Å². The Hall–Kier alpha value is -0.670. The number of aliphatic hydroxyl groups is 1. The van der Waals surface area contributed by atoms with E-state index in [2.05, 4.69) is 0 Å². The molecule has 0 bridgehead atoms. The molecule has 0 aromatic heterocycles. The summed E-state index contributed by atoms with van der Waals surface area (Å²) in [4.78, 5) is 0. The van der Waals surface area contributed by atoms with Gasteiger partial charge in [-0.1, -0.05) is 17.7 Å². The van der Waals surface area contributed by atoms with Gasteiger partial charge in [0.15, 0.2) is 0 Å². The van der Waals surface area contributed by atoms with Gasteiger partial charge in [-0.2, -0.15) is 8.78 Å². The second kappa shape index (κ2) is 4.68. The lowest BCUT2D eigenvalue weighted by molar-refractivity contribution is -0.0398. The van der Waals surface area contributed by atoms with E-state index in [1.54, 1.807) is 0 Å². The van der Waals surface area contributed by atoms with Gasteiger partial charge in [-0.15, -0.1) is 0 Å². The second-order valence-electron chi connectivity index (χ2n) is 4.14. The summed E-state index contributed by atoms with van der Waals surface area (Å²) in [5, 5.41) is 5.70. The Labute approximate surface area is 99.0 Å². The van der Waals surface area contributed by atoms with Gasteiger partial charge in [0.2, 0.25) is 0 Å². The first-order valence-electron chi connectivity index (χ1n) is 5.03. The monoisotopic (exact) mass is 248 g/mol. The van der Waals surface area contributed by atoms with Crippen LogP contribution in [0.2, 0.25) is 0 Å². The minimum absolute atomic E-state index is 0.131. The van der Waals surface area contributed by atoms with Gasteiger partial charge in [0.1, 0.15) is 6.10 Å². The lowest BCUT2D eigenvalue weighted by atomic mass is 9.95. The average Bonchev–Trinajstić information content (AvgIpc) is 2.08. The first kappa shape index (κ1) is 13.4. The van der Waals surface area contributed by atoms with Gasteiger partial charge in [-0.05, 0) is 49.1 Å². The Kier molecular flexibility index (Phi) is 3.92. The summed E-state index contributed by atoms with van der Waals surface area (Å²) in [6, 6.07) is 3.81. The summed E-state index contributed by atoms with van der Waals surface area (Å²) >= 11 is 4.79. The van der Waals surface area contributed by atoms with Crippen LogP contribution in [0.25, 0.3) is 0 Å². The van der Waals surface area contributed by atoms with Crippen molar-refractivity contribution in [1.29, 1.82) is 0 Å². The van der Waals surface area contributed by atoms with Crippen molar-refractivity contribution >= 4 is 11.6 Å². The highest BCUT2D eigenvalue weighted by molar-refractivity contribution is 6.22. The molecule has 0 saturated carbocycles. The number of hydrogen-bond acceptors (Lipinski definition) is 1. The summed E-state index contributed by atoms with van der Waals surface area (Å²) in [6.45, 7) is 5.62. The van der Waals surface area contributed by atoms with Crippen molar-refractivity contribution in [2.24, 2.45) is 0 Å². The standard InChI is InChI=1S/C12H15ClF2O/c1-7-4-8(2)10(9(3)5-7)6-11(16)12(13,14)15/h4-5,11,16H,6H2,1-3H3. The van der Waals surface area contributed by atoms with Gasteiger partial charge < -0.3 is 5.11 Å². The molecule has 90 valence electrons. The van der Waals surface area contributed by atoms with E-state index in [-0.39, 0.29) is 6.42 Å². The SMILES string of the molecule is Cc1cc(C)c(CC(O)C(F)(F)Cl)c(C)c1. The first-order valence-corrected chi connectivity index (χ1v) is 5.41. The predicted molar refractivity (Wildman–Crippen MR) is 61.2 cm³/mol. The highest BCUT2D eigenvalue weighted by Crippen LogP contribution is 2.28. The maximum absolute atomic E-state index is 12.7. The normalized spacial score (nSPS) is 13.9. The minimum Gasteiger partial charge on any atom is -0.385 e. The van der Waals surface area contributed by atoms with Crippen LogP contribution in [0, 0.1) is 20.8 Å². The highest BCUT2D eigenvalue weighted by atomic mass is 35.5. The maximum atomic E-state index is 12.7. The molecule has 1 N–H and O–H groups in total. The molecule has 0 aliphatic heterocycles. The van der Waals surface area contributed by atoms with E-state index in [1.807, 2.05) is 32.9 Å². The fraction of sp³-hybridized carbons (Fsp3) is 0.500. The lowest BCUT2D eigenvalue weighted by Crippen LogP contribution is -2.30. The van der Waals surface area contributed by atoms with Crippen LogP contribution in [0.1, 0.15) is 22.3 Å². The molecule has 1 unspecified atom stereocenters. The van der Waals surface area contributed by atoms with E-state index in [4.69, 9.17) is 11.6 Å². The summed E-state index contributed by atoms with van der Waals surface area (Å²) in [6.07, 6.45) is -1.98. The molecule has 0 fully saturated rings. The van der Waals surface area contributed by atoms with Crippen LogP contribution in [-0.4, -0.2) is 16.6 Å². The number of aliphatic hydroxyl groups excluding tert-OH is 1. The average molecular weight is 249 g/mol. The number of benzene rings is 1. The van der Waals surface area contributed by atoms with Crippen molar-refractivity contribution in [1.82, 2.24) is 0 Å². The van der Waals surface area contributed by atoms with Gasteiger partial charge >= 0.3 is 5.38 Å². The Morgan fingerprint density at radius 1 is 1.25 bits per heavy atom. The zero-order chi connectivity index (χ0) is 12.5. The summed E-state index contributed by atoms with van der Waals surface area (Å²) < 4.78 is 25.3. The molecular weight excluding hydrogens is 234 g/mol. The summed E-state index contributed by atoms with van der Waals surface area (Å²) in [7, 11) is 0. The topological polar surface area (TPSA) is 20.2 Å². The van der Waals surface area contributed by atoms with E-state index in [9.17, 15) is 13.9 Å². The van der Waals surface area contributed by atoms with Gasteiger partial charge in [0.05, 0.1) is 0 Å². The molecule has 1 rings (SSSR count). The molecule has 1 aromatic carbocycles. The lowest BCUT2D eigenvalue weighted by Gasteiger charge is -2.19. The fourth-order valence-electron chi connectivity index (χ4n) is 1.84. The molecule has 1 nitrogen and oxygen atoms in total. The number of rotatable bonds is 3. The smallest absolute Gasteiger partial charge is 0.347 e. The molecule has 1 aromatic rings. The third kappa shape index (κ3) is 3.16. The largest absolute Gasteiger partial charge is 0.385 e. The van der Waals surface area contributed by atoms with Crippen LogP contribution in [0.3, 0.4) is 0 Å². The second-order valence-corrected chi connectivity index (χ2v) is 4.64. The molecule has 0 saturated heterocycles. The molecular formula is C12H15ClF2O. The van der Waals surface area contributed by atoms with E-state index in [0.717, 1.165) is 22.3 Å². The molecule has 4 heteroatoms. The van der Waals surface area contributed by atoms with Crippen LogP contribution in [-0.2, 0) is 6.42 Å². The number of hydrogen-bond donors (Lipinski definition) is 1. The van der Waals surface area contributed by atoms with Crippen molar-refractivity contribution in [3.8, 4) is 0 Å². The summed E-state index contributed by atoms with van der Waals surface area (Å²) in [5.74, 6) is 0. The Morgan fingerprint density at radius 3 is 2.06 bits per heavy atom. The van der Waals surface area contributed by atoms with Crippen molar-refractivity contribution in [3.63, 3.8) is 0 Å². The molecule has 0 radical (unpaired) electrons. The van der Waals surface area contributed by atoms with Gasteiger partial charge in [-0.25, -0.2) is 0 Å². The quantitative estimate of drug-likeness (QED) is 0.814. The van der Waals surface area contributed by atoms with Crippen molar-refractivity contribution in [2.45, 2.75) is 38.7 Å². The molecule has 0 aliphatic rings. The number of alkyl halides is 3. The molecule has 1 atom stereocenters. The van der Waals surface area contributed by atoms with Gasteiger partial charge in [-0.3, -0.25) is 0 Å². The summed E-state index contributed by atoms with van der Waals surface area (Å²) in [5.41, 5.74) is 3.61. The Morgan fingerprint density at radius 2 is 1.69 bits per heavy atom. The van der Waals surface area contributed by atoms with Crippen molar-refractivity contribution in [2.75, 3.05) is 0 Å². The molecule has 16 heavy (non-hydrogen) atoms. The fourth-order valence-corrected chi connectivity index (χ4v) is 1.92. The van der Waals surface area contributed by atoms with Gasteiger partial charge in [0.25, 0.3) is 0 Å². The third-order valence-corrected chi connectivity index (χ3v) is 2.87. The Balaban J connectivity index is 2.98. The molecule has 0 aliphatic carbocycles. The minimum atomic E-state index is -3.58. The third-order valence-electron chi connectivity index (χ3n) is 2.62. The van der Waals surface area contributed by atoms with E-state index in [0.29, 0.717) is 0 Å². The van der Waals surface area contributed by atoms with E-state index >= 15 is 0 Å². The van der Waals surface area contributed by atoms with Crippen LogP contribution >= 0.6 is 11.6 Å².